The maximum atomic E-state index is 9.50. The van der Waals surface area contributed by atoms with Crippen LogP contribution in [0.25, 0.3) is 0 Å². The predicted molar refractivity (Wildman–Crippen MR) is 58.0 cm³/mol. The van der Waals surface area contributed by atoms with Crippen molar-refractivity contribution in [3.63, 3.8) is 0 Å². The average Bonchev–Trinajstić information content (AvgIpc) is 2.27. The number of aliphatic hydroxyl groups is 2. The Hall–Kier alpha value is -0.0800. The standard InChI is InChI=1S/C12H24O2/c1-3-10(2)11-6-4-5-7-12(11,8-13)9-14/h10-11,13-14H,3-9H2,1-2H3. The van der Waals surface area contributed by atoms with E-state index >= 15 is 0 Å². The SMILES string of the molecule is CCC(C)C1CCCCC1(CO)CO. The molecular formula is C12H24O2. The minimum atomic E-state index is -0.187. The topological polar surface area (TPSA) is 40.5 Å². The summed E-state index contributed by atoms with van der Waals surface area (Å²) in [7, 11) is 0. The summed E-state index contributed by atoms with van der Waals surface area (Å²) in [4.78, 5) is 0. The van der Waals surface area contributed by atoms with Crippen molar-refractivity contribution in [2.45, 2.75) is 46.0 Å². The highest BCUT2D eigenvalue weighted by Crippen LogP contribution is 2.45. The van der Waals surface area contributed by atoms with E-state index in [1.54, 1.807) is 0 Å². The smallest absolute Gasteiger partial charge is 0.0512 e. The summed E-state index contributed by atoms with van der Waals surface area (Å²) in [6.45, 7) is 4.74. The molecule has 0 aromatic carbocycles. The minimum absolute atomic E-state index is 0.151. The first-order valence-electron chi connectivity index (χ1n) is 5.92. The molecule has 1 aliphatic rings. The molecule has 1 aliphatic carbocycles. The van der Waals surface area contributed by atoms with E-state index in [0.717, 1.165) is 19.3 Å². The summed E-state index contributed by atoms with van der Waals surface area (Å²) in [5.41, 5.74) is -0.187. The molecule has 84 valence electrons. The lowest BCUT2D eigenvalue weighted by atomic mass is 9.62. The van der Waals surface area contributed by atoms with E-state index in [4.69, 9.17) is 0 Å². The summed E-state index contributed by atoms with van der Waals surface area (Å²) in [6, 6.07) is 0. The largest absolute Gasteiger partial charge is 0.396 e. The van der Waals surface area contributed by atoms with Gasteiger partial charge in [-0.1, -0.05) is 33.1 Å². The lowest BCUT2D eigenvalue weighted by Gasteiger charge is -2.44. The molecule has 2 heteroatoms. The van der Waals surface area contributed by atoms with Gasteiger partial charge in [0, 0.05) is 5.41 Å². The van der Waals surface area contributed by atoms with Gasteiger partial charge in [0.2, 0.25) is 0 Å². The van der Waals surface area contributed by atoms with Crippen LogP contribution in [0.5, 0.6) is 0 Å². The van der Waals surface area contributed by atoms with Gasteiger partial charge >= 0.3 is 0 Å². The maximum Gasteiger partial charge on any atom is 0.0512 e. The zero-order chi connectivity index (χ0) is 10.6. The Kier molecular flexibility index (Phi) is 4.39. The van der Waals surface area contributed by atoms with Gasteiger partial charge in [-0.15, -0.1) is 0 Å². The maximum absolute atomic E-state index is 9.50. The van der Waals surface area contributed by atoms with E-state index in [2.05, 4.69) is 13.8 Å². The third kappa shape index (κ3) is 2.12. The van der Waals surface area contributed by atoms with E-state index < -0.39 is 0 Å². The van der Waals surface area contributed by atoms with Crippen LogP contribution < -0.4 is 0 Å². The highest BCUT2D eigenvalue weighted by Gasteiger charge is 2.41. The lowest BCUT2D eigenvalue weighted by Crippen LogP contribution is -2.43. The van der Waals surface area contributed by atoms with Crippen molar-refractivity contribution in [3.05, 3.63) is 0 Å². The van der Waals surface area contributed by atoms with E-state index in [0.29, 0.717) is 11.8 Å². The summed E-state index contributed by atoms with van der Waals surface area (Å²) >= 11 is 0. The van der Waals surface area contributed by atoms with Gasteiger partial charge in [-0.25, -0.2) is 0 Å². The van der Waals surface area contributed by atoms with E-state index in [1.165, 1.54) is 12.8 Å². The van der Waals surface area contributed by atoms with Crippen LogP contribution in [0.15, 0.2) is 0 Å². The van der Waals surface area contributed by atoms with Crippen LogP contribution in [0.3, 0.4) is 0 Å². The van der Waals surface area contributed by atoms with Gasteiger partial charge in [-0.3, -0.25) is 0 Å². The molecule has 0 aromatic heterocycles. The molecule has 1 rings (SSSR count). The molecule has 0 heterocycles. The summed E-state index contributed by atoms with van der Waals surface area (Å²) in [5, 5.41) is 19.0. The van der Waals surface area contributed by atoms with Crippen LogP contribution in [0.2, 0.25) is 0 Å². The first-order chi connectivity index (χ1) is 6.70. The van der Waals surface area contributed by atoms with Gasteiger partial charge in [0.05, 0.1) is 13.2 Å². The van der Waals surface area contributed by atoms with Gasteiger partial charge in [0.25, 0.3) is 0 Å². The van der Waals surface area contributed by atoms with Crippen molar-refractivity contribution in [2.75, 3.05) is 13.2 Å². The van der Waals surface area contributed by atoms with Crippen molar-refractivity contribution in [2.24, 2.45) is 17.3 Å². The Morgan fingerprint density at radius 2 is 1.93 bits per heavy atom. The molecule has 14 heavy (non-hydrogen) atoms. The highest BCUT2D eigenvalue weighted by atomic mass is 16.3. The van der Waals surface area contributed by atoms with Crippen molar-refractivity contribution in [1.82, 2.24) is 0 Å². The fourth-order valence-corrected chi connectivity index (χ4v) is 2.95. The van der Waals surface area contributed by atoms with Crippen molar-refractivity contribution < 1.29 is 10.2 Å². The van der Waals surface area contributed by atoms with Crippen molar-refractivity contribution >= 4 is 0 Å². The summed E-state index contributed by atoms with van der Waals surface area (Å²) < 4.78 is 0. The number of aliphatic hydroxyl groups excluding tert-OH is 2. The molecule has 0 aromatic rings. The van der Waals surface area contributed by atoms with Gasteiger partial charge in [0.15, 0.2) is 0 Å². The Balaban J connectivity index is 2.76. The number of hydrogen-bond acceptors (Lipinski definition) is 2. The number of rotatable bonds is 4. The Morgan fingerprint density at radius 1 is 1.29 bits per heavy atom. The van der Waals surface area contributed by atoms with Crippen LogP contribution in [0.4, 0.5) is 0 Å². The summed E-state index contributed by atoms with van der Waals surface area (Å²) in [5.74, 6) is 1.13. The van der Waals surface area contributed by atoms with Crippen LogP contribution in [-0.4, -0.2) is 23.4 Å². The molecule has 0 bridgehead atoms. The predicted octanol–water partition coefficient (Wildman–Crippen LogP) is 2.19. The van der Waals surface area contributed by atoms with Crippen LogP contribution in [0, 0.1) is 17.3 Å². The summed E-state index contributed by atoms with van der Waals surface area (Å²) in [6.07, 6.45) is 5.74. The molecule has 0 amide bonds. The Morgan fingerprint density at radius 3 is 2.43 bits per heavy atom. The van der Waals surface area contributed by atoms with E-state index in [9.17, 15) is 10.2 Å². The first kappa shape index (κ1) is 12.0. The first-order valence-corrected chi connectivity index (χ1v) is 5.92. The van der Waals surface area contributed by atoms with Gasteiger partial charge in [-0.05, 0) is 24.7 Å². The van der Waals surface area contributed by atoms with Crippen LogP contribution in [0.1, 0.15) is 46.0 Å². The average molecular weight is 200 g/mol. The molecule has 0 aliphatic heterocycles. The van der Waals surface area contributed by atoms with Crippen LogP contribution in [-0.2, 0) is 0 Å². The molecular weight excluding hydrogens is 176 g/mol. The molecule has 2 atom stereocenters. The third-order valence-electron chi connectivity index (χ3n) is 4.19. The molecule has 2 N–H and O–H groups in total. The molecule has 0 saturated heterocycles. The minimum Gasteiger partial charge on any atom is -0.396 e. The Bertz CT molecular complexity index is 164. The molecule has 1 fully saturated rings. The highest BCUT2D eigenvalue weighted by molar-refractivity contribution is 4.91. The number of hydrogen-bond donors (Lipinski definition) is 2. The molecule has 0 radical (unpaired) electrons. The second-order valence-electron chi connectivity index (χ2n) is 4.92. The second-order valence-corrected chi connectivity index (χ2v) is 4.92. The normalized spacial score (nSPS) is 28.7. The fraction of sp³-hybridized carbons (Fsp3) is 1.00. The third-order valence-corrected chi connectivity index (χ3v) is 4.19. The second kappa shape index (κ2) is 5.13. The van der Waals surface area contributed by atoms with E-state index in [1.807, 2.05) is 0 Å². The monoisotopic (exact) mass is 200 g/mol. The Labute approximate surface area is 87.3 Å². The lowest BCUT2D eigenvalue weighted by molar-refractivity contribution is -0.0457. The van der Waals surface area contributed by atoms with Gasteiger partial charge in [-0.2, -0.15) is 0 Å². The quantitative estimate of drug-likeness (QED) is 0.730. The van der Waals surface area contributed by atoms with Crippen molar-refractivity contribution in [1.29, 1.82) is 0 Å². The molecule has 2 unspecified atom stereocenters. The molecule has 2 nitrogen and oxygen atoms in total. The molecule has 1 saturated carbocycles. The van der Waals surface area contributed by atoms with Crippen LogP contribution >= 0.6 is 0 Å². The molecule has 0 spiro atoms. The van der Waals surface area contributed by atoms with Crippen molar-refractivity contribution in [3.8, 4) is 0 Å². The van der Waals surface area contributed by atoms with Gasteiger partial charge in [0.1, 0.15) is 0 Å². The van der Waals surface area contributed by atoms with Gasteiger partial charge < -0.3 is 10.2 Å². The zero-order valence-corrected chi connectivity index (χ0v) is 9.50. The fourth-order valence-electron chi connectivity index (χ4n) is 2.95. The van der Waals surface area contributed by atoms with E-state index in [-0.39, 0.29) is 18.6 Å². The zero-order valence-electron chi connectivity index (χ0n) is 9.50.